The van der Waals surface area contributed by atoms with Crippen LogP contribution in [-0.4, -0.2) is 51.3 Å². The number of nitriles is 1. The fourth-order valence-electron chi connectivity index (χ4n) is 5.51. The van der Waals surface area contributed by atoms with Gasteiger partial charge >= 0.3 is 0 Å². The molecule has 0 radical (unpaired) electrons. The van der Waals surface area contributed by atoms with E-state index < -0.39 is 29.1 Å². The lowest BCUT2D eigenvalue weighted by atomic mass is 9.71. The van der Waals surface area contributed by atoms with Crippen LogP contribution in [0.15, 0.2) is 66.9 Å². The molecule has 1 aliphatic carbocycles. The van der Waals surface area contributed by atoms with Crippen LogP contribution in [0.4, 0.5) is 0 Å². The SMILES string of the molecule is CN(C)C(=O)[C@H]1[C@@H](O)[C@@]2(O)c3ncc(O)cc3O[C@@]2(c2ccc(C#N)cc2)[C@@H]1c1ccccc1. The van der Waals surface area contributed by atoms with Gasteiger partial charge in [-0.1, -0.05) is 42.5 Å². The van der Waals surface area contributed by atoms with Gasteiger partial charge in [-0.05, 0) is 23.3 Å². The average Bonchev–Trinajstić information content (AvgIpc) is 3.21. The first-order valence-electron chi connectivity index (χ1n) is 10.8. The fraction of sp³-hybridized carbons (Fsp3) is 0.269. The summed E-state index contributed by atoms with van der Waals surface area (Å²) in [5.41, 5.74) is -2.20. The molecule has 0 bridgehead atoms. The molecule has 1 amide bonds. The molecule has 8 nitrogen and oxygen atoms in total. The van der Waals surface area contributed by atoms with Gasteiger partial charge in [0.15, 0.2) is 11.2 Å². The van der Waals surface area contributed by atoms with E-state index in [1.54, 1.807) is 38.4 Å². The Bertz CT molecular complexity index is 1300. The molecular weight excluding hydrogens is 434 g/mol. The molecule has 2 aromatic carbocycles. The number of rotatable bonds is 3. The predicted molar refractivity (Wildman–Crippen MR) is 121 cm³/mol. The molecule has 5 rings (SSSR count). The summed E-state index contributed by atoms with van der Waals surface area (Å²) in [6, 6.07) is 19.0. The predicted octanol–water partition coefficient (Wildman–Crippen LogP) is 2.00. The second kappa shape index (κ2) is 7.55. The first kappa shape index (κ1) is 21.9. The third-order valence-corrected chi connectivity index (χ3v) is 6.93. The summed E-state index contributed by atoms with van der Waals surface area (Å²) < 4.78 is 6.47. The topological polar surface area (TPSA) is 127 Å². The van der Waals surface area contributed by atoms with E-state index in [1.807, 2.05) is 30.3 Å². The van der Waals surface area contributed by atoms with E-state index in [0.29, 0.717) is 16.7 Å². The standard InChI is InChI=1S/C26H23N3O5/c1-29(2)24(32)20-21(16-6-4-3-5-7-16)26(17-10-8-15(13-27)9-11-17)25(33,23(20)31)22-19(34-26)12-18(30)14-28-22/h3-12,14,20-21,23,30-31,33H,1-2H3/t20-,21-,23-,25+,26+/m1/s1. The van der Waals surface area contributed by atoms with E-state index in [0.717, 1.165) is 0 Å². The highest BCUT2D eigenvalue weighted by atomic mass is 16.5. The Hall–Kier alpha value is -3.93. The van der Waals surface area contributed by atoms with Crippen molar-refractivity contribution in [3.63, 3.8) is 0 Å². The zero-order valence-electron chi connectivity index (χ0n) is 18.6. The van der Waals surface area contributed by atoms with Gasteiger partial charge in [-0.3, -0.25) is 9.78 Å². The van der Waals surface area contributed by atoms with E-state index >= 15 is 0 Å². The number of nitrogens with zero attached hydrogens (tertiary/aromatic N) is 3. The molecule has 1 saturated carbocycles. The Morgan fingerprint density at radius 1 is 1.15 bits per heavy atom. The highest BCUT2D eigenvalue weighted by Gasteiger charge is 2.78. The highest BCUT2D eigenvalue weighted by molar-refractivity contribution is 5.82. The van der Waals surface area contributed by atoms with Crippen molar-refractivity contribution in [1.29, 1.82) is 5.26 Å². The number of aliphatic hydroxyl groups excluding tert-OH is 1. The average molecular weight is 457 g/mol. The van der Waals surface area contributed by atoms with Gasteiger partial charge in [-0.15, -0.1) is 0 Å². The minimum absolute atomic E-state index is 0.0390. The number of carbonyl (C=O) groups excluding carboxylic acids is 1. The van der Waals surface area contributed by atoms with Crippen LogP contribution in [0.5, 0.6) is 11.5 Å². The lowest BCUT2D eigenvalue weighted by molar-refractivity contribution is -0.157. The number of aromatic nitrogens is 1. The van der Waals surface area contributed by atoms with Crippen LogP contribution < -0.4 is 4.74 Å². The molecule has 1 aromatic heterocycles. The maximum Gasteiger partial charge on any atom is 0.228 e. The Balaban J connectivity index is 1.86. The van der Waals surface area contributed by atoms with Crippen LogP contribution in [0.1, 0.15) is 28.3 Å². The minimum Gasteiger partial charge on any atom is -0.506 e. The summed E-state index contributed by atoms with van der Waals surface area (Å²) in [4.78, 5) is 19.1. The fourth-order valence-corrected chi connectivity index (χ4v) is 5.51. The highest BCUT2D eigenvalue weighted by Crippen LogP contribution is 2.68. The zero-order chi connectivity index (χ0) is 24.3. The lowest BCUT2D eigenvalue weighted by Crippen LogP contribution is -2.52. The molecular formula is C26H23N3O5. The van der Waals surface area contributed by atoms with Crippen LogP contribution >= 0.6 is 0 Å². The van der Waals surface area contributed by atoms with Crippen molar-refractivity contribution in [3.8, 4) is 17.6 Å². The lowest BCUT2D eigenvalue weighted by Gasteiger charge is -2.40. The first-order chi connectivity index (χ1) is 16.3. The van der Waals surface area contributed by atoms with Gasteiger partial charge in [-0.25, -0.2) is 0 Å². The number of amides is 1. The Morgan fingerprint density at radius 2 is 1.82 bits per heavy atom. The van der Waals surface area contributed by atoms with Crippen LogP contribution in [0.3, 0.4) is 0 Å². The maximum atomic E-state index is 13.4. The summed E-state index contributed by atoms with van der Waals surface area (Å²) in [7, 11) is 3.18. The summed E-state index contributed by atoms with van der Waals surface area (Å²) in [6.07, 6.45) is -0.415. The van der Waals surface area contributed by atoms with Gasteiger partial charge in [0, 0.05) is 26.1 Å². The second-order valence-electron chi connectivity index (χ2n) is 8.93. The van der Waals surface area contributed by atoms with E-state index in [4.69, 9.17) is 4.74 Å². The molecule has 0 saturated heterocycles. The number of aromatic hydroxyl groups is 1. The van der Waals surface area contributed by atoms with Crippen molar-refractivity contribution in [2.24, 2.45) is 5.92 Å². The van der Waals surface area contributed by atoms with Crippen LogP contribution in [0.25, 0.3) is 0 Å². The van der Waals surface area contributed by atoms with Crippen molar-refractivity contribution in [2.75, 3.05) is 14.1 Å². The molecule has 172 valence electrons. The van der Waals surface area contributed by atoms with Gasteiger partial charge in [0.05, 0.1) is 23.7 Å². The molecule has 1 aliphatic heterocycles. The molecule has 1 fully saturated rings. The third-order valence-electron chi connectivity index (χ3n) is 6.93. The van der Waals surface area contributed by atoms with E-state index in [2.05, 4.69) is 11.1 Å². The van der Waals surface area contributed by atoms with Crippen LogP contribution in [0.2, 0.25) is 0 Å². The monoisotopic (exact) mass is 457 g/mol. The maximum absolute atomic E-state index is 13.4. The van der Waals surface area contributed by atoms with Crippen molar-refractivity contribution >= 4 is 5.91 Å². The van der Waals surface area contributed by atoms with E-state index in [1.165, 1.54) is 17.2 Å². The molecule has 34 heavy (non-hydrogen) atoms. The van der Waals surface area contributed by atoms with Gasteiger partial charge in [0.25, 0.3) is 0 Å². The summed E-state index contributed by atoms with van der Waals surface area (Å²) in [5.74, 6) is -2.32. The first-order valence-corrected chi connectivity index (χ1v) is 10.8. The van der Waals surface area contributed by atoms with Gasteiger partial charge in [-0.2, -0.15) is 5.26 Å². The van der Waals surface area contributed by atoms with Crippen molar-refractivity contribution in [3.05, 3.63) is 89.2 Å². The quantitative estimate of drug-likeness (QED) is 0.549. The molecule has 3 aromatic rings. The molecule has 0 unspecified atom stereocenters. The number of hydrogen-bond donors (Lipinski definition) is 3. The van der Waals surface area contributed by atoms with Gasteiger partial charge in [0.1, 0.15) is 23.3 Å². The second-order valence-corrected chi connectivity index (χ2v) is 8.93. The van der Waals surface area contributed by atoms with Crippen LogP contribution in [0, 0.1) is 17.2 Å². The number of aliphatic hydroxyl groups is 2. The molecule has 8 heteroatoms. The van der Waals surface area contributed by atoms with E-state index in [9.17, 15) is 25.4 Å². The normalized spacial score (nSPS) is 29.0. The Labute approximate surface area is 196 Å². The molecule has 0 spiro atoms. The van der Waals surface area contributed by atoms with Crippen molar-refractivity contribution < 1.29 is 24.9 Å². The molecule has 2 aliphatic rings. The van der Waals surface area contributed by atoms with Gasteiger partial charge < -0.3 is 25.0 Å². The van der Waals surface area contributed by atoms with Gasteiger partial charge in [0.2, 0.25) is 5.91 Å². The summed E-state index contributed by atoms with van der Waals surface area (Å²) >= 11 is 0. The molecule has 3 N–H and O–H groups in total. The zero-order valence-corrected chi connectivity index (χ0v) is 18.6. The molecule has 5 atom stereocenters. The minimum atomic E-state index is -2.12. The number of benzene rings is 2. The Morgan fingerprint density at radius 3 is 2.44 bits per heavy atom. The van der Waals surface area contributed by atoms with E-state index in [-0.39, 0.29) is 23.1 Å². The summed E-state index contributed by atoms with van der Waals surface area (Å²) in [5, 5.41) is 43.4. The number of pyridine rings is 1. The molecule has 2 heterocycles. The number of carbonyl (C=O) groups is 1. The van der Waals surface area contributed by atoms with Crippen molar-refractivity contribution in [2.45, 2.75) is 23.2 Å². The van der Waals surface area contributed by atoms with Crippen LogP contribution in [-0.2, 0) is 16.0 Å². The third kappa shape index (κ3) is 2.71. The smallest absolute Gasteiger partial charge is 0.228 e. The summed E-state index contributed by atoms with van der Waals surface area (Å²) in [6.45, 7) is 0. The number of hydrogen-bond acceptors (Lipinski definition) is 7. The largest absolute Gasteiger partial charge is 0.506 e. The van der Waals surface area contributed by atoms with Crippen molar-refractivity contribution in [1.82, 2.24) is 9.88 Å². The number of fused-ring (bicyclic) bond motifs is 3. The Kier molecular flexibility index (Phi) is 4.86. The number of ether oxygens (including phenoxy) is 1.